The molecule has 0 bridgehead atoms. The first-order chi connectivity index (χ1) is 7.20. The molecule has 1 heterocycles. The zero-order valence-electron chi connectivity index (χ0n) is 8.67. The molecule has 0 amide bonds. The summed E-state index contributed by atoms with van der Waals surface area (Å²) in [4.78, 5) is 0. The minimum atomic E-state index is -0.140. The molecule has 15 heavy (non-hydrogen) atoms. The molecule has 1 aliphatic heterocycles. The van der Waals surface area contributed by atoms with Crippen LogP contribution < -0.4 is 0 Å². The third-order valence-electron chi connectivity index (χ3n) is 2.85. The molecule has 82 valence electrons. The molecule has 1 aromatic carbocycles. The second kappa shape index (κ2) is 4.62. The zero-order chi connectivity index (χ0) is 10.8. The molecule has 3 heteroatoms. The Labute approximate surface area is 97.8 Å². The molecule has 0 saturated carbocycles. The lowest BCUT2D eigenvalue weighted by Crippen LogP contribution is -2.07. The molecule has 1 saturated heterocycles. The van der Waals surface area contributed by atoms with Crippen LogP contribution in [0.2, 0.25) is 0 Å². The van der Waals surface area contributed by atoms with Gasteiger partial charge in [-0.1, -0.05) is 28.1 Å². The second-order valence-electron chi connectivity index (χ2n) is 3.99. The van der Waals surface area contributed by atoms with Crippen molar-refractivity contribution in [1.29, 1.82) is 0 Å². The topological polar surface area (TPSA) is 9.23 Å². The lowest BCUT2D eigenvalue weighted by atomic mass is 10.0. The largest absolute Gasteiger partial charge is 0.369 e. The van der Waals surface area contributed by atoms with Crippen LogP contribution in [0.25, 0.3) is 0 Å². The Kier molecular flexibility index (Phi) is 3.42. The van der Waals surface area contributed by atoms with Crippen molar-refractivity contribution in [2.24, 2.45) is 0 Å². The number of benzene rings is 1. The highest BCUT2D eigenvalue weighted by Crippen LogP contribution is 2.33. The lowest BCUT2D eigenvalue weighted by molar-refractivity contribution is 0.0586. The first kappa shape index (κ1) is 11.1. The number of hydrogen-bond acceptors (Lipinski definition) is 1. The monoisotopic (exact) mass is 272 g/mol. The molecule has 2 unspecified atom stereocenters. The van der Waals surface area contributed by atoms with E-state index in [4.69, 9.17) is 4.74 Å². The number of hydrogen-bond donors (Lipinski definition) is 0. The van der Waals surface area contributed by atoms with E-state index in [2.05, 4.69) is 15.9 Å². The molecule has 1 aromatic rings. The second-order valence-corrected chi connectivity index (χ2v) is 4.63. The van der Waals surface area contributed by atoms with Crippen molar-refractivity contribution >= 4 is 15.9 Å². The maximum Gasteiger partial charge on any atom is 0.126 e. The summed E-state index contributed by atoms with van der Waals surface area (Å²) in [6.07, 6.45) is 2.38. The van der Waals surface area contributed by atoms with Crippen LogP contribution in [0.15, 0.2) is 18.2 Å². The number of halogens is 2. The summed E-state index contributed by atoms with van der Waals surface area (Å²) in [7, 11) is 0. The average molecular weight is 273 g/mol. The van der Waals surface area contributed by atoms with Crippen LogP contribution in [0.5, 0.6) is 0 Å². The Bertz CT molecular complexity index is 353. The third kappa shape index (κ3) is 2.40. The van der Waals surface area contributed by atoms with Crippen LogP contribution in [0.1, 0.15) is 30.1 Å². The van der Waals surface area contributed by atoms with Gasteiger partial charge in [-0.2, -0.15) is 0 Å². The summed E-state index contributed by atoms with van der Waals surface area (Å²) < 4.78 is 19.1. The van der Waals surface area contributed by atoms with Crippen LogP contribution in [-0.4, -0.2) is 11.4 Å². The summed E-state index contributed by atoms with van der Waals surface area (Å²) in [6.45, 7) is 1.77. The quantitative estimate of drug-likeness (QED) is 0.746. The van der Waals surface area contributed by atoms with Gasteiger partial charge in [0.05, 0.1) is 12.2 Å². The molecule has 1 aliphatic rings. The average Bonchev–Trinajstić information content (AvgIpc) is 2.70. The summed E-state index contributed by atoms with van der Waals surface area (Å²) >= 11 is 3.40. The van der Waals surface area contributed by atoms with E-state index in [0.29, 0.717) is 5.56 Å². The predicted molar refractivity (Wildman–Crippen MR) is 61.8 cm³/mol. The minimum Gasteiger partial charge on any atom is -0.369 e. The van der Waals surface area contributed by atoms with E-state index in [-0.39, 0.29) is 18.0 Å². The highest BCUT2D eigenvalue weighted by atomic mass is 79.9. The van der Waals surface area contributed by atoms with E-state index < -0.39 is 0 Å². The molecule has 0 aliphatic carbocycles. The van der Waals surface area contributed by atoms with E-state index in [1.807, 2.05) is 12.1 Å². The van der Waals surface area contributed by atoms with Crippen molar-refractivity contribution < 1.29 is 9.13 Å². The molecule has 2 atom stereocenters. The van der Waals surface area contributed by atoms with Crippen LogP contribution in [-0.2, 0) is 4.74 Å². The van der Waals surface area contributed by atoms with Gasteiger partial charge in [0.1, 0.15) is 5.82 Å². The smallest absolute Gasteiger partial charge is 0.126 e. The maximum absolute atomic E-state index is 13.3. The summed E-state index contributed by atoms with van der Waals surface area (Å²) in [6, 6.07) is 5.37. The van der Waals surface area contributed by atoms with Crippen LogP contribution in [0.3, 0.4) is 0 Å². The number of aryl methyl sites for hydroxylation is 1. The van der Waals surface area contributed by atoms with Crippen LogP contribution in [0, 0.1) is 12.7 Å². The Morgan fingerprint density at radius 2 is 2.27 bits per heavy atom. The molecule has 0 N–H and O–H groups in total. The molecular formula is C12H14BrFO. The van der Waals surface area contributed by atoms with Gasteiger partial charge in [0.15, 0.2) is 0 Å². The molecule has 2 rings (SSSR count). The standard InChI is InChI=1S/C12H14BrFO/c1-8-2-3-9(6-11(8)14)12-5-4-10(7-13)15-12/h2-3,6,10,12H,4-5,7H2,1H3. The minimum absolute atomic E-state index is 0.0719. The fraction of sp³-hybridized carbons (Fsp3) is 0.500. The van der Waals surface area contributed by atoms with E-state index >= 15 is 0 Å². The van der Waals surface area contributed by atoms with Gasteiger partial charge in [-0.3, -0.25) is 0 Å². The number of alkyl halides is 1. The van der Waals surface area contributed by atoms with Crippen molar-refractivity contribution in [3.8, 4) is 0 Å². The van der Waals surface area contributed by atoms with E-state index in [1.165, 1.54) is 0 Å². The van der Waals surface area contributed by atoms with Crippen molar-refractivity contribution in [3.63, 3.8) is 0 Å². The van der Waals surface area contributed by atoms with Crippen molar-refractivity contribution in [2.75, 3.05) is 5.33 Å². The fourth-order valence-corrected chi connectivity index (χ4v) is 2.35. The number of ether oxygens (including phenoxy) is 1. The zero-order valence-corrected chi connectivity index (χ0v) is 10.3. The van der Waals surface area contributed by atoms with Gasteiger partial charge in [0.25, 0.3) is 0 Å². The lowest BCUT2D eigenvalue weighted by Gasteiger charge is -2.12. The summed E-state index contributed by atoms with van der Waals surface area (Å²) in [5.41, 5.74) is 1.65. The molecular weight excluding hydrogens is 259 g/mol. The molecule has 0 spiro atoms. The highest BCUT2D eigenvalue weighted by molar-refractivity contribution is 9.09. The maximum atomic E-state index is 13.3. The van der Waals surface area contributed by atoms with Gasteiger partial charge in [-0.05, 0) is 37.0 Å². The molecule has 1 nitrogen and oxygen atoms in total. The SMILES string of the molecule is Cc1ccc(C2CCC(CBr)O2)cc1F. The summed E-state index contributed by atoms with van der Waals surface area (Å²) in [5, 5.41) is 0.859. The van der Waals surface area contributed by atoms with E-state index in [0.717, 1.165) is 23.7 Å². The highest BCUT2D eigenvalue weighted by Gasteiger charge is 2.25. The van der Waals surface area contributed by atoms with Gasteiger partial charge >= 0.3 is 0 Å². The predicted octanol–water partition coefficient (Wildman–Crippen LogP) is 3.75. The summed E-state index contributed by atoms with van der Waals surface area (Å²) in [5.74, 6) is -0.140. The first-order valence-corrected chi connectivity index (χ1v) is 6.30. The van der Waals surface area contributed by atoms with E-state index in [9.17, 15) is 4.39 Å². The van der Waals surface area contributed by atoms with Gasteiger partial charge < -0.3 is 4.74 Å². The van der Waals surface area contributed by atoms with Gasteiger partial charge in [0, 0.05) is 5.33 Å². The molecule has 0 radical (unpaired) electrons. The van der Waals surface area contributed by atoms with E-state index in [1.54, 1.807) is 13.0 Å². The molecule has 0 aromatic heterocycles. The van der Waals surface area contributed by atoms with Gasteiger partial charge in [-0.15, -0.1) is 0 Å². The Morgan fingerprint density at radius 3 is 2.87 bits per heavy atom. The fourth-order valence-electron chi connectivity index (χ4n) is 1.87. The van der Waals surface area contributed by atoms with Crippen LogP contribution >= 0.6 is 15.9 Å². The Hall–Kier alpha value is -0.410. The van der Waals surface area contributed by atoms with Gasteiger partial charge in [0.2, 0.25) is 0 Å². The first-order valence-electron chi connectivity index (χ1n) is 5.18. The third-order valence-corrected chi connectivity index (χ3v) is 3.57. The van der Waals surface area contributed by atoms with Crippen molar-refractivity contribution in [2.45, 2.75) is 32.0 Å². The Balaban J connectivity index is 2.13. The Morgan fingerprint density at radius 1 is 1.47 bits per heavy atom. The van der Waals surface area contributed by atoms with Gasteiger partial charge in [-0.25, -0.2) is 4.39 Å². The number of rotatable bonds is 2. The normalized spacial score (nSPS) is 25.8. The van der Waals surface area contributed by atoms with Crippen LogP contribution in [0.4, 0.5) is 4.39 Å². The molecule has 1 fully saturated rings. The van der Waals surface area contributed by atoms with Crippen molar-refractivity contribution in [3.05, 3.63) is 35.1 Å². The van der Waals surface area contributed by atoms with Crippen molar-refractivity contribution in [1.82, 2.24) is 0 Å².